The van der Waals surface area contributed by atoms with E-state index in [9.17, 15) is 0 Å². The van der Waals surface area contributed by atoms with Crippen LogP contribution in [0.4, 0.5) is 0 Å². The topological polar surface area (TPSA) is 35.0 Å². The predicted molar refractivity (Wildman–Crippen MR) is 67.5 cm³/mol. The second-order valence-corrected chi connectivity index (χ2v) is 4.89. The molecule has 16 heavy (non-hydrogen) atoms. The molecule has 0 bridgehead atoms. The Kier molecular flexibility index (Phi) is 4.04. The Hall–Kier alpha value is -0.780. The van der Waals surface area contributed by atoms with E-state index in [0.29, 0.717) is 11.8 Å². The van der Waals surface area contributed by atoms with Gasteiger partial charge in [-0.1, -0.05) is 35.5 Å². The van der Waals surface area contributed by atoms with E-state index in [0.717, 1.165) is 15.7 Å². The van der Waals surface area contributed by atoms with Crippen LogP contribution in [0, 0.1) is 0 Å². The van der Waals surface area contributed by atoms with Gasteiger partial charge in [0.1, 0.15) is 6.61 Å². The molecule has 6 heteroatoms. The summed E-state index contributed by atoms with van der Waals surface area (Å²) >= 11 is 8.56. The van der Waals surface area contributed by atoms with Gasteiger partial charge in [-0.2, -0.15) is 9.36 Å². The first-order valence-electron chi connectivity index (χ1n) is 4.53. The third-order valence-corrected chi connectivity index (χ3v) is 3.39. The number of halogens is 1. The van der Waals surface area contributed by atoms with Crippen LogP contribution in [-0.4, -0.2) is 15.6 Å². The fourth-order valence-electron chi connectivity index (χ4n) is 1.06. The van der Waals surface area contributed by atoms with Gasteiger partial charge in [0.25, 0.3) is 5.19 Å². The van der Waals surface area contributed by atoms with Crippen molar-refractivity contribution in [3.8, 4) is 5.19 Å². The Labute approximate surface area is 107 Å². The molecule has 0 aliphatic heterocycles. The summed E-state index contributed by atoms with van der Waals surface area (Å²) in [4.78, 5) is 4.18. The number of hydrogen-bond acceptors (Lipinski definition) is 5. The molecule has 2 aromatic rings. The molecule has 0 aliphatic carbocycles. The third-order valence-electron chi connectivity index (χ3n) is 1.85. The summed E-state index contributed by atoms with van der Waals surface area (Å²) in [6.07, 6.45) is 1.94. The summed E-state index contributed by atoms with van der Waals surface area (Å²) in [6, 6.07) is 7.54. The molecule has 2 rings (SSSR count). The van der Waals surface area contributed by atoms with Crippen LogP contribution < -0.4 is 4.74 Å². The summed E-state index contributed by atoms with van der Waals surface area (Å²) < 4.78 is 9.61. The van der Waals surface area contributed by atoms with Gasteiger partial charge in [0.05, 0.1) is 0 Å². The molecule has 1 aromatic carbocycles. The summed E-state index contributed by atoms with van der Waals surface area (Å²) in [5, 5.41) is 2.07. The second-order valence-electron chi connectivity index (χ2n) is 2.96. The van der Waals surface area contributed by atoms with Gasteiger partial charge in [0.15, 0.2) is 0 Å². The minimum atomic E-state index is 0.486. The van der Waals surface area contributed by atoms with Crippen molar-refractivity contribution in [2.75, 3.05) is 6.26 Å². The lowest BCUT2D eigenvalue weighted by molar-refractivity contribution is 0.303. The van der Waals surface area contributed by atoms with Crippen LogP contribution in [0.15, 0.2) is 29.4 Å². The average molecular weight is 273 g/mol. The number of thioether (sulfide) groups is 1. The van der Waals surface area contributed by atoms with Crippen molar-refractivity contribution in [3.63, 3.8) is 0 Å². The molecule has 0 N–H and O–H groups in total. The fraction of sp³-hybridized carbons (Fsp3) is 0.200. The van der Waals surface area contributed by atoms with Crippen LogP contribution in [0.5, 0.6) is 5.19 Å². The van der Waals surface area contributed by atoms with Crippen LogP contribution in [-0.2, 0) is 6.61 Å². The van der Waals surface area contributed by atoms with Gasteiger partial charge in [0, 0.05) is 16.6 Å². The third kappa shape index (κ3) is 3.10. The second kappa shape index (κ2) is 5.52. The molecule has 0 aliphatic rings. The van der Waals surface area contributed by atoms with Gasteiger partial charge < -0.3 is 4.74 Å². The molecule has 0 atom stereocenters. The smallest absolute Gasteiger partial charge is 0.294 e. The Morgan fingerprint density at radius 1 is 1.38 bits per heavy atom. The van der Waals surface area contributed by atoms with Crippen LogP contribution >= 0.6 is 34.9 Å². The maximum Gasteiger partial charge on any atom is 0.294 e. The van der Waals surface area contributed by atoms with Crippen molar-refractivity contribution in [2.45, 2.75) is 11.8 Å². The molecule has 1 heterocycles. The van der Waals surface area contributed by atoms with E-state index in [1.54, 1.807) is 0 Å². The first-order chi connectivity index (χ1) is 7.78. The Bertz CT molecular complexity index is 458. The first-order valence-corrected chi connectivity index (χ1v) is 6.90. The van der Waals surface area contributed by atoms with E-state index in [4.69, 9.17) is 16.3 Å². The largest absolute Gasteiger partial charge is 0.464 e. The SMILES string of the molecule is CSc1nsc(OCc2ccc(Cl)cc2)n1. The zero-order valence-electron chi connectivity index (χ0n) is 8.51. The zero-order valence-corrected chi connectivity index (χ0v) is 10.9. The highest BCUT2D eigenvalue weighted by molar-refractivity contribution is 7.98. The monoisotopic (exact) mass is 272 g/mol. The lowest BCUT2D eigenvalue weighted by atomic mass is 10.2. The molecule has 0 saturated heterocycles. The van der Waals surface area contributed by atoms with Crippen molar-refractivity contribution < 1.29 is 4.74 Å². The van der Waals surface area contributed by atoms with Gasteiger partial charge in [-0.25, -0.2) is 0 Å². The quantitative estimate of drug-likeness (QED) is 0.798. The summed E-state index contributed by atoms with van der Waals surface area (Å²) in [5.74, 6) is 0. The molecule has 0 unspecified atom stereocenters. The number of nitrogens with zero attached hydrogens (tertiary/aromatic N) is 2. The van der Waals surface area contributed by atoms with Crippen molar-refractivity contribution in [1.29, 1.82) is 0 Å². The minimum absolute atomic E-state index is 0.486. The van der Waals surface area contributed by atoms with Crippen molar-refractivity contribution in [3.05, 3.63) is 34.9 Å². The Morgan fingerprint density at radius 2 is 2.12 bits per heavy atom. The maximum atomic E-state index is 5.79. The van der Waals surface area contributed by atoms with Crippen LogP contribution in [0.3, 0.4) is 0 Å². The molecule has 0 amide bonds. The van der Waals surface area contributed by atoms with Gasteiger partial charge in [0.2, 0.25) is 5.16 Å². The summed E-state index contributed by atoms with van der Waals surface area (Å²) in [5.41, 5.74) is 1.06. The zero-order chi connectivity index (χ0) is 11.4. The number of benzene rings is 1. The van der Waals surface area contributed by atoms with Crippen molar-refractivity contribution in [2.24, 2.45) is 0 Å². The molecular weight excluding hydrogens is 264 g/mol. The van der Waals surface area contributed by atoms with Gasteiger partial charge in [-0.05, 0) is 24.0 Å². The molecular formula is C10H9ClN2OS2. The molecule has 0 saturated carbocycles. The maximum absolute atomic E-state index is 5.79. The molecule has 0 fully saturated rings. The Balaban J connectivity index is 1.94. The Morgan fingerprint density at radius 3 is 2.75 bits per heavy atom. The average Bonchev–Trinajstić information content (AvgIpc) is 2.76. The number of hydrogen-bond donors (Lipinski definition) is 0. The van der Waals surface area contributed by atoms with E-state index in [2.05, 4.69) is 9.36 Å². The normalized spacial score (nSPS) is 10.4. The number of aromatic nitrogens is 2. The van der Waals surface area contributed by atoms with E-state index < -0.39 is 0 Å². The minimum Gasteiger partial charge on any atom is -0.464 e. The highest BCUT2D eigenvalue weighted by Crippen LogP contribution is 2.21. The van der Waals surface area contributed by atoms with Crippen molar-refractivity contribution in [1.82, 2.24) is 9.36 Å². The number of rotatable bonds is 4. The van der Waals surface area contributed by atoms with Gasteiger partial charge in [-0.15, -0.1) is 0 Å². The lowest BCUT2D eigenvalue weighted by Crippen LogP contribution is -1.94. The van der Waals surface area contributed by atoms with Crippen LogP contribution in [0.1, 0.15) is 5.56 Å². The molecule has 84 valence electrons. The highest BCUT2D eigenvalue weighted by Gasteiger charge is 2.03. The lowest BCUT2D eigenvalue weighted by Gasteiger charge is -2.01. The van der Waals surface area contributed by atoms with E-state index in [-0.39, 0.29) is 0 Å². The van der Waals surface area contributed by atoms with Crippen molar-refractivity contribution >= 4 is 34.9 Å². The molecule has 3 nitrogen and oxygen atoms in total. The molecule has 1 aromatic heterocycles. The van der Waals surface area contributed by atoms with E-state index in [1.807, 2.05) is 30.5 Å². The van der Waals surface area contributed by atoms with Gasteiger partial charge in [-0.3, -0.25) is 0 Å². The van der Waals surface area contributed by atoms with Gasteiger partial charge >= 0.3 is 0 Å². The fourth-order valence-corrected chi connectivity index (χ4v) is 2.27. The first kappa shape index (κ1) is 11.7. The molecule has 0 radical (unpaired) electrons. The molecule has 0 spiro atoms. The standard InChI is InChI=1S/C10H9ClN2OS2/c1-15-9-12-10(16-13-9)14-6-7-2-4-8(11)5-3-7/h2-5H,6H2,1H3. The summed E-state index contributed by atoms with van der Waals surface area (Å²) in [6.45, 7) is 0.486. The summed E-state index contributed by atoms with van der Waals surface area (Å²) in [7, 11) is 0. The van der Waals surface area contributed by atoms with Crippen LogP contribution in [0.25, 0.3) is 0 Å². The van der Waals surface area contributed by atoms with E-state index >= 15 is 0 Å². The van der Waals surface area contributed by atoms with E-state index in [1.165, 1.54) is 23.3 Å². The number of ether oxygens (including phenoxy) is 1. The highest BCUT2D eigenvalue weighted by atomic mass is 35.5. The van der Waals surface area contributed by atoms with Crippen LogP contribution in [0.2, 0.25) is 5.02 Å². The predicted octanol–water partition coefficient (Wildman–Crippen LogP) is 3.49.